The number of ether oxygens (including phenoxy) is 1. The van der Waals surface area contributed by atoms with Gasteiger partial charge in [0.1, 0.15) is 5.75 Å². The summed E-state index contributed by atoms with van der Waals surface area (Å²) in [5, 5.41) is 2.91. The zero-order valence-corrected chi connectivity index (χ0v) is 12.1. The Bertz CT molecular complexity index is 620. The minimum absolute atomic E-state index is 0.155. The van der Waals surface area contributed by atoms with Crippen molar-refractivity contribution in [3.8, 4) is 5.75 Å². The summed E-state index contributed by atoms with van der Waals surface area (Å²) < 4.78 is 5.48. The van der Waals surface area contributed by atoms with Gasteiger partial charge in [-0.05, 0) is 56.2 Å². The summed E-state index contributed by atoms with van der Waals surface area (Å²) in [5.41, 5.74) is 3.70. The van der Waals surface area contributed by atoms with Crippen LogP contribution in [0.1, 0.15) is 28.4 Å². The van der Waals surface area contributed by atoms with Crippen molar-refractivity contribution in [2.24, 2.45) is 0 Å². The van der Waals surface area contributed by atoms with Crippen LogP contribution in [0.2, 0.25) is 0 Å². The van der Waals surface area contributed by atoms with E-state index < -0.39 is 0 Å². The number of aryl methyl sites for hydroxylation is 2. The second kappa shape index (κ2) is 6.24. The number of hydrogen-bond acceptors (Lipinski definition) is 2. The fraction of sp³-hybridized carbons (Fsp3) is 0.235. The molecule has 0 aliphatic rings. The minimum Gasteiger partial charge on any atom is -0.493 e. The van der Waals surface area contributed by atoms with Crippen LogP contribution in [0.15, 0.2) is 42.5 Å². The Morgan fingerprint density at radius 3 is 2.55 bits per heavy atom. The molecular weight excluding hydrogens is 250 g/mol. The number of amides is 1. The van der Waals surface area contributed by atoms with Crippen LogP contribution in [-0.2, 0) is 0 Å². The van der Waals surface area contributed by atoms with Crippen LogP contribution in [0.25, 0.3) is 0 Å². The maximum absolute atomic E-state index is 12.3. The third-order valence-electron chi connectivity index (χ3n) is 3.20. The zero-order chi connectivity index (χ0) is 14.5. The van der Waals surface area contributed by atoms with Crippen molar-refractivity contribution < 1.29 is 9.53 Å². The average Bonchev–Trinajstić information content (AvgIpc) is 2.44. The number of rotatable bonds is 4. The summed E-state index contributed by atoms with van der Waals surface area (Å²) in [7, 11) is 0. The standard InChI is InChI=1S/C17H19NO2/c1-4-20-16-8-6-5-7-15(16)17(19)18-14-10-9-12(2)13(3)11-14/h5-11H,4H2,1-3H3,(H,18,19). The Morgan fingerprint density at radius 2 is 1.85 bits per heavy atom. The molecule has 0 bridgehead atoms. The first-order chi connectivity index (χ1) is 9.61. The summed E-state index contributed by atoms with van der Waals surface area (Å²) in [4.78, 5) is 12.3. The molecule has 0 unspecified atom stereocenters. The van der Waals surface area contributed by atoms with E-state index in [4.69, 9.17) is 4.74 Å². The first-order valence-electron chi connectivity index (χ1n) is 6.72. The molecule has 0 saturated heterocycles. The van der Waals surface area contributed by atoms with E-state index in [1.807, 2.05) is 51.1 Å². The normalized spacial score (nSPS) is 10.2. The highest BCUT2D eigenvalue weighted by atomic mass is 16.5. The van der Waals surface area contributed by atoms with Gasteiger partial charge in [0.15, 0.2) is 0 Å². The molecule has 0 fully saturated rings. The average molecular weight is 269 g/mol. The molecule has 0 spiro atoms. The summed E-state index contributed by atoms with van der Waals surface area (Å²) in [5.74, 6) is 0.452. The van der Waals surface area contributed by atoms with Gasteiger partial charge in [0.05, 0.1) is 12.2 Å². The topological polar surface area (TPSA) is 38.3 Å². The van der Waals surface area contributed by atoms with Crippen molar-refractivity contribution in [1.82, 2.24) is 0 Å². The van der Waals surface area contributed by atoms with Crippen LogP contribution in [0.3, 0.4) is 0 Å². The van der Waals surface area contributed by atoms with E-state index in [9.17, 15) is 4.79 Å². The molecule has 0 aliphatic carbocycles. The van der Waals surface area contributed by atoms with Crippen molar-refractivity contribution in [3.05, 3.63) is 59.2 Å². The monoisotopic (exact) mass is 269 g/mol. The Morgan fingerprint density at radius 1 is 1.10 bits per heavy atom. The third kappa shape index (κ3) is 3.18. The lowest BCUT2D eigenvalue weighted by Gasteiger charge is -2.11. The lowest BCUT2D eigenvalue weighted by molar-refractivity contribution is 0.102. The summed E-state index contributed by atoms with van der Waals surface area (Å²) in [6.45, 7) is 6.51. The van der Waals surface area contributed by atoms with Gasteiger partial charge in [0.25, 0.3) is 5.91 Å². The highest BCUT2D eigenvalue weighted by molar-refractivity contribution is 6.06. The molecular formula is C17H19NO2. The van der Waals surface area contributed by atoms with Gasteiger partial charge in [0.2, 0.25) is 0 Å². The molecule has 2 rings (SSSR count). The minimum atomic E-state index is -0.155. The van der Waals surface area contributed by atoms with E-state index in [1.54, 1.807) is 12.1 Å². The number of para-hydroxylation sites is 1. The molecule has 0 aliphatic heterocycles. The Labute approximate surface area is 119 Å². The lowest BCUT2D eigenvalue weighted by atomic mass is 10.1. The first-order valence-corrected chi connectivity index (χ1v) is 6.72. The van der Waals surface area contributed by atoms with Gasteiger partial charge in [-0.3, -0.25) is 4.79 Å². The fourth-order valence-corrected chi connectivity index (χ4v) is 1.95. The smallest absolute Gasteiger partial charge is 0.259 e. The molecule has 20 heavy (non-hydrogen) atoms. The second-order valence-electron chi connectivity index (χ2n) is 4.68. The quantitative estimate of drug-likeness (QED) is 0.912. The van der Waals surface area contributed by atoms with Crippen molar-refractivity contribution in [2.45, 2.75) is 20.8 Å². The SMILES string of the molecule is CCOc1ccccc1C(=O)Nc1ccc(C)c(C)c1. The molecule has 1 amide bonds. The second-order valence-corrected chi connectivity index (χ2v) is 4.68. The zero-order valence-electron chi connectivity index (χ0n) is 12.1. The third-order valence-corrected chi connectivity index (χ3v) is 3.20. The van der Waals surface area contributed by atoms with Crippen LogP contribution < -0.4 is 10.1 Å². The number of benzene rings is 2. The molecule has 1 N–H and O–H groups in total. The summed E-state index contributed by atoms with van der Waals surface area (Å²) in [6.07, 6.45) is 0. The molecule has 3 nitrogen and oxygen atoms in total. The van der Waals surface area contributed by atoms with E-state index >= 15 is 0 Å². The lowest BCUT2D eigenvalue weighted by Crippen LogP contribution is -2.13. The van der Waals surface area contributed by atoms with Gasteiger partial charge in [-0.15, -0.1) is 0 Å². The number of anilines is 1. The molecule has 2 aromatic rings. The number of hydrogen-bond donors (Lipinski definition) is 1. The van der Waals surface area contributed by atoms with Gasteiger partial charge in [-0.1, -0.05) is 18.2 Å². The largest absolute Gasteiger partial charge is 0.493 e. The maximum Gasteiger partial charge on any atom is 0.259 e. The van der Waals surface area contributed by atoms with Gasteiger partial charge >= 0.3 is 0 Å². The Hall–Kier alpha value is -2.29. The molecule has 104 valence electrons. The first kappa shape index (κ1) is 14.1. The van der Waals surface area contributed by atoms with Gasteiger partial charge in [0, 0.05) is 5.69 Å². The van der Waals surface area contributed by atoms with Crippen molar-refractivity contribution >= 4 is 11.6 Å². The van der Waals surface area contributed by atoms with Crippen LogP contribution in [-0.4, -0.2) is 12.5 Å². The molecule has 0 radical (unpaired) electrons. The molecule has 2 aromatic carbocycles. The maximum atomic E-state index is 12.3. The van der Waals surface area contributed by atoms with E-state index in [0.29, 0.717) is 17.9 Å². The Balaban J connectivity index is 2.21. The molecule has 3 heteroatoms. The molecule has 0 saturated carbocycles. The summed E-state index contributed by atoms with van der Waals surface area (Å²) in [6, 6.07) is 13.1. The highest BCUT2D eigenvalue weighted by Crippen LogP contribution is 2.20. The Kier molecular flexibility index (Phi) is 4.41. The number of carbonyl (C=O) groups excluding carboxylic acids is 1. The van der Waals surface area contributed by atoms with Crippen LogP contribution in [0.4, 0.5) is 5.69 Å². The van der Waals surface area contributed by atoms with E-state index in [0.717, 1.165) is 11.3 Å². The number of nitrogens with one attached hydrogen (secondary N) is 1. The van der Waals surface area contributed by atoms with E-state index in [1.165, 1.54) is 5.56 Å². The van der Waals surface area contributed by atoms with E-state index in [2.05, 4.69) is 5.32 Å². The molecule has 0 heterocycles. The van der Waals surface area contributed by atoms with Crippen molar-refractivity contribution in [3.63, 3.8) is 0 Å². The predicted octanol–water partition coefficient (Wildman–Crippen LogP) is 3.95. The van der Waals surface area contributed by atoms with E-state index in [-0.39, 0.29) is 5.91 Å². The van der Waals surface area contributed by atoms with Gasteiger partial charge < -0.3 is 10.1 Å². The fourth-order valence-electron chi connectivity index (χ4n) is 1.95. The summed E-state index contributed by atoms with van der Waals surface area (Å²) >= 11 is 0. The molecule has 0 aromatic heterocycles. The van der Waals surface area contributed by atoms with Gasteiger partial charge in [-0.25, -0.2) is 0 Å². The van der Waals surface area contributed by atoms with Crippen LogP contribution in [0.5, 0.6) is 5.75 Å². The van der Waals surface area contributed by atoms with Crippen LogP contribution >= 0.6 is 0 Å². The van der Waals surface area contributed by atoms with Crippen LogP contribution in [0, 0.1) is 13.8 Å². The van der Waals surface area contributed by atoms with Crippen molar-refractivity contribution in [1.29, 1.82) is 0 Å². The predicted molar refractivity (Wildman–Crippen MR) is 81.5 cm³/mol. The highest BCUT2D eigenvalue weighted by Gasteiger charge is 2.12. The van der Waals surface area contributed by atoms with Crippen molar-refractivity contribution in [2.75, 3.05) is 11.9 Å². The molecule has 0 atom stereocenters. The van der Waals surface area contributed by atoms with Gasteiger partial charge in [-0.2, -0.15) is 0 Å². The number of carbonyl (C=O) groups is 1.